The lowest BCUT2D eigenvalue weighted by Crippen LogP contribution is -2.45. The minimum atomic E-state index is -1.20. The van der Waals surface area contributed by atoms with Gasteiger partial charge in [-0.3, -0.25) is 10.1 Å². The van der Waals surface area contributed by atoms with E-state index in [1.165, 1.54) is 0 Å². The number of nitro groups is 1. The molecule has 1 aromatic heterocycles. The van der Waals surface area contributed by atoms with Crippen LogP contribution in [0.15, 0.2) is 30.3 Å². The van der Waals surface area contributed by atoms with E-state index in [4.69, 9.17) is 0 Å². The molecule has 3 rings (SSSR count). The smallest absolute Gasteiger partial charge is 0.339 e. The first-order valence-electron chi connectivity index (χ1n) is 9.98. The molecule has 1 N–H and O–H groups in total. The second-order valence-corrected chi connectivity index (χ2v) is 7.45. The molecule has 1 aromatic carbocycles. The molecule has 0 bridgehead atoms. The van der Waals surface area contributed by atoms with Gasteiger partial charge in [-0.2, -0.15) is 0 Å². The highest BCUT2D eigenvalue weighted by Crippen LogP contribution is 2.41. The van der Waals surface area contributed by atoms with Gasteiger partial charge in [0, 0.05) is 39.3 Å². The van der Waals surface area contributed by atoms with Crippen molar-refractivity contribution in [1.82, 2.24) is 9.88 Å². The van der Waals surface area contributed by atoms with E-state index in [1.54, 1.807) is 6.92 Å². The number of carboxylic acids is 1. The number of carboxylic acid groups (broad SMARTS) is 1. The highest BCUT2D eigenvalue weighted by Gasteiger charge is 2.36. The lowest BCUT2D eigenvalue weighted by molar-refractivity contribution is -0.383. The van der Waals surface area contributed by atoms with Crippen LogP contribution in [0.3, 0.4) is 0 Å². The molecule has 9 heteroatoms. The molecule has 9 nitrogen and oxygen atoms in total. The predicted octanol–water partition coefficient (Wildman–Crippen LogP) is 2.77. The Bertz CT molecular complexity index is 927. The summed E-state index contributed by atoms with van der Waals surface area (Å²) >= 11 is 0. The van der Waals surface area contributed by atoms with Gasteiger partial charge in [-0.25, -0.2) is 9.78 Å². The zero-order chi connectivity index (χ0) is 21.8. The summed E-state index contributed by atoms with van der Waals surface area (Å²) in [6.45, 7) is 6.90. The van der Waals surface area contributed by atoms with E-state index in [9.17, 15) is 20.0 Å². The molecule has 0 unspecified atom stereocenters. The average Bonchev–Trinajstić information content (AvgIpc) is 2.72. The number of hydrogen-bond acceptors (Lipinski definition) is 7. The lowest BCUT2D eigenvalue weighted by Gasteiger charge is -2.35. The zero-order valence-electron chi connectivity index (χ0n) is 17.5. The van der Waals surface area contributed by atoms with Gasteiger partial charge >= 0.3 is 11.7 Å². The molecule has 30 heavy (non-hydrogen) atoms. The topological polar surface area (TPSA) is 103 Å². The third-order valence-electron chi connectivity index (χ3n) is 5.42. The number of carbonyl (C=O) groups is 1. The number of rotatable bonds is 7. The van der Waals surface area contributed by atoms with Gasteiger partial charge in [0.2, 0.25) is 5.82 Å². The van der Waals surface area contributed by atoms with Crippen molar-refractivity contribution in [2.75, 3.05) is 49.6 Å². The van der Waals surface area contributed by atoms with Crippen molar-refractivity contribution in [3.63, 3.8) is 0 Å². The van der Waals surface area contributed by atoms with Crippen molar-refractivity contribution < 1.29 is 14.8 Å². The molecule has 0 saturated carbocycles. The summed E-state index contributed by atoms with van der Waals surface area (Å²) in [6.07, 6.45) is 0. The van der Waals surface area contributed by atoms with Crippen molar-refractivity contribution in [2.45, 2.75) is 20.4 Å². The van der Waals surface area contributed by atoms with Crippen molar-refractivity contribution in [1.29, 1.82) is 0 Å². The van der Waals surface area contributed by atoms with Crippen LogP contribution in [0.5, 0.6) is 0 Å². The monoisotopic (exact) mass is 413 g/mol. The lowest BCUT2D eigenvalue weighted by atomic mass is 10.1. The Kier molecular flexibility index (Phi) is 6.51. The number of piperazine rings is 1. The molecule has 0 aliphatic carbocycles. The van der Waals surface area contributed by atoms with E-state index >= 15 is 0 Å². The number of aromatic nitrogens is 1. The van der Waals surface area contributed by atoms with E-state index in [0.717, 1.165) is 5.56 Å². The van der Waals surface area contributed by atoms with Gasteiger partial charge < -0.3 is 19.8 Å². The average molecular weight is 413 g/mol. The summed E-state index contributed by atoms with van der Waals surface area (Å²) in [6, 6.07) is 9.65. The molecule has 1 aliphatic heterocycles. The molecule has 1 aliphatic rings. The van der Waals surface area contributed by atoms with Crippen molar-refractivity contribution >= 4 is 23.2 Å². The fourth-order valence-corrected chi connectivity index (χ4v) is 3.79. The Balaban J connectivity index is 2.17. The number of hydrogen-bond donors (Lipinski definition) is 1. The van der Waals surface area contributed by atoms with Crippen molar-refractivity contribution in [3.05, 3.63) is 57.3 Å². The largest absolute Gasteiger partial charge is 0.478 e. The number of anilines is 2. The quantitative estimate of drug-likeness (QED) is 0.546. The van der Waals surface area contributed by atoms with Gasteiger partial charge in [-0.15, -0.1) is 0 Å². The third kappa shape index (κ3) is 4.35. The number of benzene rings is 1. The van der Waals surface area contributed by atoms with E-state index in [2.05, 4.69) is 9.88 Å². The van der Waals surface area contributed by atoms with Crippen LogP contribution in [0.2, 0.25) is 0 Å². The van der Waals surface area contributed by atoms with Gasteiger partial charge in [-0.05, 0) is 26.5 Å². The number of nitrogens with zero attached hydrogens (tertiary/aromatic N) is 5. The Morgan fingerprint density at radius 1 is 1.23 bits per heavy atom. The molecule has 2 heterocycles. The van der Waals surface area contributed by atoms with Crippen LogP contribution in [-0.4, -0.2) is 65.7 Å². The molecule has 0 atom stereocenters. The Hall–Kier alpha value is -3.20. The summed E-state index contributed by atoms with van der Waals surface area (Å²) < 4.78 is 0. The van der Waals surface area contributed by atoms with Gasteiger partial charge in [0.1, 0.15) is 11.3 Å². The van der Waals surface area contributed by atoms with E-state index in [-0.39, 0.29) is 28.5 Å². The number of pyridine rings is 1. The molecule has 2 aromatic rings. The van der Waals surface area contributed by atoms with Crippen LogP contribution < -0.4 is 9.80 Å². The predicted molar refractivity (Wildman–Crippen MR) is 115 cm³/mol. The highest BCUT2D eigenvalue weighted by molar-refractivity contribution is 6.00. The maximum absolute atomic E-state index is 12.2. The molecular formula is C21H27N5O4. The Morgan fingerprint density at radius 3 is 2.40 bits per heavy atom. The van der Waals surface area contributed by atoms with Crippen LogP contribution in [-0.2, 0) is 6.54 Å². The molecule has 160 valence electrons. The Labute approximate surface area is 175 Å². The summed E-state index contributed by atoms with van der Waals surface area (Å²) in [5, 5.41) is 22.1. The SMILES string of the molecule is CCN(Cc1ccccc1)c1nc(C)c(C(=O)O)c(N2CCN(C)CC2)c1[N+](=O)[O-]. The minimum Gasteiger partial charge on any atom is -0.478 e. The highest BCUT2D eigenvalue weighted by atomic mass is 16.6. The second kappa shape index (κ2) is 9.08. The minimum absolute atomic E-state index is 0.0919. The van der Waals surface area contributed by atoms with Crippen LogP contribution >= 0.6 is 0 Å². The number of likely N-dealkylation sites (N-methyl/N-ethyl adjacent to an activating group) is 1. The molecular weight excluding hydrogens is 386 g/mol. The normalized spacial score (nSPS) is 14.6. The van der Waals surface area contributed by atoms with Crippen molar-refractivity contribution in [2.24, 2.45) is 0 Å². The molecule has 0 amide bonds. The zero-order valence-corrected chi connectivity index (χ0v) is 17.5. The summed E-state index contributed by atoms with van der Waals surface area (Å²) in [5.74, 6) is -0.988. The molecule has 0 radical (unpaired) electrons. The summed E-state index contributed by atoms with van der Waals surface area (Å²) in [4.78, 5) is 34.0. The number of aromatic carboxylic acids is 1. The first-order valence-corrected chi connectivity index (χ1v) is 9.98. The van der Waals surface area contributed by atoms with Crippen LogP contribution in [0.4, 0.5) is 17.2 Å². The molecule has 1 fully saturated rings. The van der Waals surface area contributed by atoms with Crippen LogP contribution in [0.25, 0.3) is 0 Å². The third-order valence-corrected chi connectivity index (χ3v) is 5.42. The van der Waals surface area contributed by atoms with Crippen LogP contribution in [0.1, 0.15) is 28.5 Å². The molecule has 1 saturated heterocycles. The fourth-order valence-electron chi connectivity index (χ4n) is 3.79. The van der Waals surface area contributed by atoms with E-state index < -0.39 is 10.9 Å². The van der Waals surface area contributed by atoms with Crippen molar-refractivity contribution in [3.8, 4) is 0 Å². The molecule has 0 spiro atoms. The fraction of sp³-hybridized carbons (Fsp3) is 0.429. The summed E-state index contributed by atoms with van der Waals surface area (Å²) in [5.41, 5.74) is 1.11. The van der Waals surface area contributed by atoms with Gasteiger partial charge in [0.05, 0.1) is 10.6 Å². The number of aryl methyl sites for hydroxylation is 1. The van der Waals surface area contributed by atoms with Crippen LogP contribution in [0, 0.1) is 17.0 Å². The van der Waals surface area contributed by atoms with Gasteiger partial charge in [-0.1, -0.05) is 30.3 Å². The van der Waals surface area contributed by atoms with Gasteiger partial charge in [0.25, 0.3) is 0 Å². The standard InChI is InChI=1S/C21H27N5O4/c1-4-24(14-16-8-6-5-7-9-16)20-19(26(29)30)18(17(21(27)28)15(2)22-20)25-12-10-23(3)11-13-25/h5-9H,4,10-14H2,1-3H3,(H,27,28). The van der Waals surface area contributed by atoms with E-state index in [1.807, 2.05) is 54.1 Å². The van der Waals surface area contributed by atoms with Gasteiger partial charge in [0.15, 0.2) is 0 Å². The Morgan fingerprint density at radius 2 is 1.87 bits per heavy atom. The first kappa shape index (κ1) is 21.5. The second-order valence-electron chi connectivity index (χ2n) is 7.45. The first-order chi connectivity index (χ1) is 14.3. The maximum Gasteiger partial charge on any atom is 0.339 e. The summed E-state index contributed by atoms with van der Waals surface area (Å²) in [7, 11) is 1.98. The van der Waals surface area contributed by atoms with E-state index in [0.29, 0.717) is 39.3 Å². The maximum atomic E-state index is 12.2.